The van der Waals surface area contributed by atoms with Crippen LogP contribution < -0.4 is 0 Å². The molecule has 4 heteroatoms. The molecule has 1 unspecified atom stereocenters. The highest BCUT2D eigenvalue weighted by molar-refractivity contribution is 8.11. The highest BCUT2D eigenvalue weighted by atomic mass is 32.5. The Morgan fingerprint density at radius 2 is 2.00 bits per heavy atom. The maximum Gasteiger partial charge on any atom is 0.212 e. The Kier molecular flexibility index (Phi) is 7.75. The van der Waals surface area contributed by atoms with Crippen molar-refractivity contribution in [1.29, 1.82) is 0 Å². The third-order valence-electron chi connectivity index (χ3n) is 1.84. The van der Waals surface area contributed by atoms with Crippen LogP contribution in [-0.2, 0) is 16.3 Å². The van der Waals surface area contributed by atoms with Gasteiger partial charge in [-0.15, -0.1) is 0 Å². The van der Waals surface area contributed by atoms with Gasteiger partial charge in [-0.1, -0.05) is 32.8 Å². The lowest BCUT2D eigenvalue weighted by Crippen LogP contribution is -1.93. The Morgan fingerprint density at radius 1 is 1.36 bits per heavy atom. The predicted molar refractivity (Wildman–Crippen MR) is 66.0 cm³/mol. The molecule has 0 saturated heterocycles. The average Bonchev–Trinajstić information content (AvgIpc) is 2.11. The number of allylic oxidation sites excluding steroid dienone is 2. The van der Waals surface area contributed by atoms with E-state index in [4.69, 9.17) is 16.3 Å². The Hall–Kier alpha value is 0.310. The molecule has 0 rings (SSSR count). The van der Waals surface area contributed by atoms with Crippen LogP contribution in [0.25, 0.3) is 0 Å². The quantitative estimate of drug-likeness (QED) is 0.682. The number of hydrogen-bond donors (Lipinski definition) is 1. The predicted octanol–water partition coefficient (Wildman–Crippen LogP) is 3.81. The SMILES string of the molecule is CCC/C=C(\CCC)P(O)(=S)OCC. The zero-order chi connectivity index (χ0) is 11.0. The van der Waals surface area contributed by atoms with Crippen LogP contribution in [0.2, 0.25) is 0 Å². The summed E-state index contributed by atoms with van der Waals surface area (Å²) in [5, 5.41) is 0.943. The van der Waals surface area contributed by atoms with E-state index >= 15 is 0 Å². The number of rotatable bonds is 7. The van der Waals surface area contributed by atoms with Crippen LogP contribution in [-0.4, -0.2) is 11.5 Å². The molecule has 0 radical (unpaired) electrons. The van der Waals surface area contributed by atoms with Gasteiger partial charge in [-0.3, -0.25) is 0 Å². The molecule has 1 N–H and O–H groups in total. The normalized spacial score (nSPS) is 16.7. The molecule has 0 aliphatic heterocycles. The summed E-state index contributed by atoms with van der Waals surface area (Å²) < 4.78 is 5.25. The van der Waals surface area contributed by atoms with Crippen molar-refractivity contribution in [3.8, 4) is 0 Å². The van der Waals surface area contributed by atoms with Crippen molar-refractivity contribution in [2.24, 2.45) is 0 Å². The summed E-state index contributed by atoms with van der Waals surface area (Å²) in [6, 6.07) is 0. The Morgan fingerprint density at radius 3 is 2.43 bits per heavy atom. The van der Waals surface area contributed by atoms with Gasteiger partial charge in [0.1, 0.15) is 0 Å². The molecule has 14 heavy (non-hydrogen) atoms. The third kappa shape index (κ3) is 5.26. The molecule has 0 aliphatic rings. The molecule has 0 heterocycles. The first-order chi connectivity index (χ1) is 6.58. The molecule has 0 spiro atoms. The van der Waals surface area contributed by atoms with E-state index in [2.05, 4.69) is 19.9 Å². The molecule has 0 aromatic heterocycles. The fraction of sp³-hybridized carbons (Fsp3) is 0.800. The average molecular weight is 236 g/mol. The zero-order valence-corrected chi connectivity index (χ0v) is 11.0. The van der Waals surface area contributed by atoms with Crippen LogP contribution in [0.5, 0.6) is 0 Å². The highest BCUT2D eigenvalue weighted by Gasteiger charge is 2.18. The van der Waals surface area contributed by atoms with Gasteiger partial charge in [0.25, 0.3) is 0 Å². The van der Waals surface area contributed by atoms with E-state index < -0.39 is 6.49 Å². The minimum Gasteiger partial charge on any atom is -0.342 e. The second-order valence-corrected chi connectivity index (χ2v) is 6.53. The van der Waals surface area contributed by atoms with E-state index in [1.807, 2.05) is 6.92 Å². The molecule has 84 valence electrons. The molecule has 2 nitrogen and oxygen atoms in total. The molecule has 0 fully saturated rings. The van der Waals surface area contributed by atoms with Crippen LogP contribution in [0.15, 0.2) is 11.4 Å². The highest BCUT2D eigenvalue weighted by Crippen LogP contribution is 2.53. The lowest BCUT2D eigenvalue weighted by molar-refractivity contribution is 0.331. The van der Waals surface area contributed by atoms with Gasteiger partial charge < -0.3 is 9.42 Å². The first-order valence-corrected chi connectivity index (χ1v) is 7.92. The van der Waals surface area contributed by atoms with Crippen LogP contribution in [0.3, 0.4) is 0 Å². The second kappa shape index (κ2) is 7.58. The van der Waals surface area contributed by atoms with Gasteiger partial charge in [-0.2, -0.15) is 0 Å². The molecule has 0 bridgehead atoms. The summed E-state index contributed by atoms with van der Waals surface area (Å²) >= 11 is 5.12. The van der Waals surface area contributed by atoms with E-state index in [0.717, 1.165) is 31.0 Å². The molecule has 0 aromatic rings. The standard InChI is InChI=1S/C10H21O2PS/c1-4-7-9-10(8-5-2)13(11,14)12-6-3/h9H,4-8H2,1-3H3,(H,11,14)/b10-9+. The summed E-state index contributed by atoms with van der Waals surface area (Å²) in [4.78, 5) is 9.97. The van der Waals surface area contributed by atoms with Crippen molar-refractivity contribution in [1.82, 2.24) is 0 Å². The molecular weight excluding hydrogens is 215 g/mol. The first-order valence-electron chi connectivity index (χ1n) is 5.25. The van der Waals surface area contributed by atoms with Crippen LogP contribution in [0.1, 0.15) is 46.5 Å². The summed E-state index contributed by atoms with van der Waals surface area (Å²) in [5.74, 6) is 0. The molecule has 0 aromatic carbocycles. The Labute approximate surface area is 92.5 Å². The van der Waals surface area contributed by atoms with Gasteiger partial charge >= 0.3 is 0 Å². The van der Waals surface area contributed by atoms with E-state index in [0.29, 0.717) is 6.61 Å². The Balaban J connectivity index is 4.54. The van der Waals surface area contributed by atoms with Crippen molar-refractivity contribution in [3.05, 3.63) is 11.4 Å². The van der Waals surface area contributed by atoms with Crippen molar-refractivity contribution < 1.29 is 9.42 Å². The van der Waals surface area contributed by atoms with Gasteiger partial charge in [0, 0.05) is 5.31 Å². The minimum atomic E-state index is -2.65. The van der Waals surface area contributed by atoms with Gasteiger partial charge in [-0.05, 0) is 31.6 Å². The monoisotopic (exact) mass is 236 g/mol. The van der Waals surface area contributed by atoms with Gasteiger partial charge in [0.15, 0.2) is 0 Å². The largest absolute Gasteiger partial charge is 0.342 e. The minimum absolute atomic E-state index is 0.487. The smallest absolute Gasteiger partial charge is 0.212 e. The maximum absolute atomic E-state index is 9.97. The fourth-order valence-corrected chi connectivity index (χ4v) is 3.38. The summed E-state index contributed by atoms with van der Waals surface area (Å²) in [7, 11) is 0. The molecule has 0 aliphatic carbocycles. The molecular formula is C10H21O2PS. The Bertz CT molecular complexity index is 226. The fourth-order valence-electron chi connectivity index (χ4n) is 1.18. The topological polar surface area (TPSA) is 29.5 Å². The van der Waals surface area contributed by atoms with Crippen molar-refractivity contribution in [3.63, 3.8) is 0 Å². The summed E-state index contributed by atoms with van der Waals surface area (Å²) in [6.07, 6.45) is 5.96. The summed E-state index contributed by atoms with van der Waals surface area (Å²) in [6.45, 7) is 3.89. The maximum atomic E-state index is 9.97. The van der Waals surface area contributed by atoms with Crippen LogP contribution >= 0.6 is 6.49 Å². The molecule has 0 amide bonds. The van der Waals surface area contributed by atoms with Crippen molar-refractivity contribution in [2.75, 3.05) is 6.61 Å². The van der Waals surface area contributed by atoms with Crippen molar-refractivity contribution >= 4 is 18.3 Å². The van der Waals surface area contributed by atoms with Crippen LogP contribution in [0.4, 0.5) is 0 Å². The van der Waals surface area contributed by atoms with E-state index in [9.17, 15) is 4.89 Å². The van der Waals surface area contributed by atoms with E-state index in [1.54, 1.807) is 0 Å². The van der Waals surface area contributed by atoms with Gasteiger partial charge in [0.2, 0.25) is 6.49 Å². The molecule has 1 atom stereocenters. The molecule has 0 saturated carbocycles. The number of hydrogen-bond acceptors (Lipinski definition) is 2. The second-order valence-electron chi connectivity index (χ2n) is 3.17. The van der Waals surface area contributed by atoms with Crippen molar-refractivity contribution in [2.45, 2.75) is 46.5 Å². The number of unbranched alkanes of at least 4 members (excludes halogenated alkanes) is 1. The lowest BCUT2D eigenvalue weighted by atomic mass is 10.2. The van der Waals surface area contributed by atoms with E-state index in [-0.39, 0.29) is 0 Å². The van der Waals surface area contributed by atoms with Gasteiger partial charge in [-0.25, -0.2) is 0 Å². The first kappa shape index (κ1) is 14.3. The van der Waals surface area contributed by atoms with Gasteiger partial charge in [0.05, 0.1) is 6.61 Å². The van der Waals surface area contributed by atoms with E-state index in [1.165, 1.54) is 0 Å². The zero-order valence-electron chi connectivity index (χ0n) is 9.32. The lowest BCUT2D eigenvalue weighted by Gasteiger charge is -2.18. The third-order valence-corrected chi connectivity index (χ3v) is 4.60. The van der Waals surface area contributed by atoms with Crippen LogP contribution in [0, 0.1) is 0 Å². The summed E-state index contributed by atoms with van der Waals surface area (Å²) in [5.41, 5.74) is 0.